The number of benzene rings is 1. The number of thioether (sulfide) groups is 1. The Hall–Kier alpha value is -1.91. The lowest BCUT2D eigenvalue weighted by Crippen LogP contribution is -2.30. The number of cyclic esters (lactones) is 1. The van der Waals surface area contributed by atoms with Gasteiger partial charge in [0, 0.05) is 25.1 Å². The molecule has 2 aromatic rings. The fraction of sp³-hybridized carbons (Fsp3) is 0.438. The van der Waals surface area contributed by atoms with Crippen LogP contribution >= 0.6 is 11.8 Å². The Morgan fingerprint density at radius 2 is 2.04 bits per heavy atom. The van der Waals surface area contributed by atoms with Gasteiger partial charge < -0.3 is 9.15 Å². The Morgan fingerprint density at radius 3 is 2.69 bits per heavy atom. The van der Waals surface area contributed by atoms with Crippen molar-refractivity contribution in [3.05, 3.63) is 24.3 Å². The van der Waals surface area contributed by atoms with Gasteiger partial charge in [0.15, 0.2) is 0 Å². The molecule has 1 aromatic heterocycles. The van der Waals surface area contributed by atoms with Gasteiger partial charge in [-0.1, -0.05) is 19.9 Å². The maximum atomic E-state index is 12.7. The molecular weight excluding hydrogens is 378 g/mol. The zero-order valence-corrected chi connectivity index (χ0v) is 16.0. The molecule has 0 bridgehead atoms. The van der Waals surface area contributed by atoms with E-state index in [-0.39, 0.29) is 27.2 Å². The van der Waals surface area contributed by atoms with E-state index in [9.17, 15) is 13.2 Å². The van der Waals surface area contributed by atoms with E-state index in [4.69, 9.17) is 9.15 Å². The van der Waals surface area contributed by atoms with Crippen molar-refractivity contribution in [3.8, 4) is 11.5 Å². The number of carbonyl (C=O) groups excluding carboxylic acids is 1. The van der Waals surface area contributed by atoms with Crippen molar-refractivity contribution in [1.29, 1.82) is 0 Å². The lowest BCUT2D eigenvalue weighted by Gasteiger charge is -2.18. The van der Waals surface area contributed by atoms with E-state index in [1.807, 2.05) is 0 Å². The minimum atomic E-state index is -3.57. The highest BCUT2D eigenvalue weighted by Gasteiger charge is 2.30. The fourth-order valence-corrected chi connectivity index (χ4v) is 4.92. The second kappa shape index (κ2) is 7.77. The molecule has 0 aliphatic carbocycles. The molecule has 1 aliphatic heterocycles. The molecule has 1 saturated heterocycles. The second-order valence-corrected chi connectivity index (χ2v) is 8.64. The average Bonchev–Trinajstić information content (AvgIpc) is 3.26. The first-order valence-corrected chi connectivity index (χ1v) is 10.5. The van der Waals surface area contributed by atoms with Crippen LogP contribution in [0, 0.1) is 0 Å². The summed E-state index contributed by atoms with van der Waals surface area (Å²) in [5, 5.41) is 7.79. The normalized spacial score (nSPS) is 17.7. The summed E-state index contributed by atoms with van der Waals surface area (Å²) < 4.78 is 37.2. The molecule has 10 heteroatoms. The summed E-state index contributed by atoms with van der Waals surface area (Å²) in [4.78, 5) is 11.7. The van der Waals surface area contributed by atoms with Gasteiger partial charge in [0.2, 0.25) is 15.9 Å². The molecule has 0 unspecified atom stereocenters. The van der Waals surface area contributed by atoms with Gasteiger partial charge in [-0.05, 0) is 30.0 Å². The molecule has 0 N–H and O–H groups in total. The SMILES string of the molecule is CCN(CC)S(=O)(=O)c1cccc(-c2nnc(S[C@H]3CCOC3=O)o2)c1. The van der Waals surface area contributed by atoms with Crippen molar-refractivity contribution in [3.63, 3.8) is 0 Å². The van der Waals surface area contributed by atoms with Crippen LogP contribution in [0.15, 0.2) is 38.8 Å². The Morgan fingerprint density at radius 1 is 1.27 bits per heavy atom. The van der Waals surface area contributed by atoms with E-state index < -0.39 is 10.0 Å². The van der Waals surface area contributed by atoms with E-state index in [1.54, 1.807) is 26.0 Å². The quantitative estimate of drug-likeness (QED) is 0.655. The first-order chi connectivity index (χ1) is 12.5. The predicted octanol–water partition coefficient (Wildman–Crippen LogP) is 2.17. The monoisotopic (exact) mass is 397 g/mol. The molecule has 0 saturated carbocycles. The molecule has 0 radical (unpaired) electrons. The van der Waals surface area contributed by atoms with Crippen LogP contribution < -0.4 is 0 Å². The molecule has 1 fully saturated rings. The lowest BCUT2D eigenvalue weighted by atomic mass is 10.2. The van der Waals surface area contributed by atoms with E-state index >= 15 is 0 Å². The number of carbonyl (C=O) groups is 1. The maximum absolute atomic E-state index is 12.7. The van der Waals surface area contributed by atoms with E-state index in [2.05, 4.69) is 10.2 Å². The summed E-state index contributed by atoms with van der Waals surface area (Å²) >= 11 is 1.16. The highest BCUT2D eigenvalue weighted by molar-refractivity contribution is 8.00. The van der Waals surface area contributed by atoms with Crippen molar-refractivity contribution in [2.24, 2.45) is 0 Å². The molecule has 140 valence electrons. The Labute approximate surface area is 156 Å². The van der Waals surface area contributed by atoms with Crippen molar-refractivity contribution in [2.75, 3.05) is 19.7 Å². The van der Waals surface area contributed by atoms with Gasteiger partial charge in [-0.2, -0.15) is 4.31 Å². The number of sulfonamides is 1. The van der Waals surface area contributed by atoms with Gasteiger partial charge in [-0.15, -0.1) is 10.2 Å². The van der Waals surface area contributed by atoms with Crippen LogP contribution in [0.2, 0.25) is 0 Å². The minimum absolute atomic E-state index is 0.172. The molecule has 1 atom stereocenters. The van der Waals surface area contributed by atoms with Crippen LogP contribution in [0.4, 0.5) is 0 Å². The fourth-order valence-electron chi connectivity index (χ4n) is 2.58. The van der Waals surface area contributed by atoms with Crippen LogP contribution in [0.1, 0.15) is 20.3 Å². The number of aromatic nitrogens is 2. The molecular formula is C16H19N3O5S2. The molecule has 0 amide bonds. The molecule has 0 spiro atoms. The topological polar surface area (TPSA) is 103 Å². The standard InChI is InChI=1S/C16H19N3O5S2/c1-3-19(4-2)26(21,22)12-7-5-6-11(10-12)14-17-18-16(24-14)25-13-8-9-23-15(13)20/h5-7,10,13H,3-4,8-9H2,1-2H3/t13-/m0/s1. The van der Waals surface area contributed by atoms with Crippen LogP contribution in [0.3, 0.4) is 0 Å². The van der Waals surface area contributed by atoms with E-state index in [0.29, 0.717) is 31.7 Å². The van der Waals surface area contributed by atoms with Gasteiger partial charge in [0.25, 0.3) is 5.22 Å². The number of nitrogens with zero attached hydrogens (tertiary/aromatic N) is 3. The Kier molecular flexibility index (Phi) is 5.64. The largest absolute Gasteiger partial charge is 0.465 e. The van der Waals surface area contributed by atoms with E-state index in [1.165, 1.54) is 16.4 Å². The first kappa shape index (κ1) is 18.9. The third-order valence-corrected chi connectivity index (χ3v) is 7.09. The number of hydrogen-bond donors (Lipinski definition) is 0. The van der Waals surface area contributed by atoms with Crippen LogP contribution in [-0.2, 0) is 19.6 Å². The van der Waals surface area contributed by atoms with Gasteiger partial charge in [0.05, 0.1) is 11.5 Å². The second-order valence-electron chi connectivity index (χ2n) is 5.55. The lowest BCUT2D eigenvalue weighted by molar-refractivity contribution is -0.137. The minimum Gasteiger partial charge on any atom is -0.465 e. The first-order valence-electron chi connectivity index (χ1n) is 8.23. The molecule has 2 heterocycles. The molecule has 1 aliphatic rings. The molecule has 8 nitrogen and oxygen atoms in total. The number of esters is 1. The molecule has 26 heavy (non-hydrogen) atoms. The molecule has 1 aromatic carbocycles. The Balaban J connectivity index is 1.84. The zero-order valence-electron chi connectivity index (χ0n) is 14.4. The molecule has 3 rings (SSSR count). The van der Waals surface area contributed by atoms with Gasteiger partial charge in [0.1, 0.15) is 5.25 Å². The number of ether oxygens (including phenoxy) is 1. The van der Waals surface area contributed by atoms with Gasteiger partial charge >= 0.3 is 5.97 Å². The van der Waals surface area contributed by atoms with Crippen molar-refractivity contribution in [1.82, 2.24) is 14.5 Å². The summed E-state index contributed by atoms with van der Waals surface area (Å²) in [6, 6.07) is 6.39. The third-order valence-electron chi connectivity index (χ3n) is 3.96. The van der Waals surface area contributed by atoms with Crippen LogP contribution in [0.25, 0.3) is 11.5 Å². The van der Waals surface area contributed by atoms with Crippen LogP contribution in [0.5, 0.6) is 0 Å². The zero-order chi connectivity index (χ0) is 18.7. The predicted molar refractivity (Wildman–Crippen MR) is 95.1 cm³/mol. The number of rotatable bonds is 7. The van der Waals surface area contributed by atoms with Crippen molar-refractivity contribution in [2.45, 2.75) is 35.6 Å². The maximum Gasteiger partial charge on any atom is 0.319 e. The van der Waals surface area contributed by atoms with Crippen molar-refractivity contribution < 1.29 is 22.4 Å². The third kappa shape index (κ3) is 3.76. The summed E-state index contributed by atoms with van der Waals surface area (Å²) in [6.45, 7) is 4.76. The van der Waals surface area contributed by atoms with Gasteiger partial charge in [-0.25, -0.2) is 8.42 Å². The highest BCUT2D eigenvalue weighted by atomic mass is 32.2. The Bertz CT molecular complexity index is 893. The van der Waals surface area contributed by atoms with Crippen molar-refractivity contribution >= 4 is 27.8 Å². The number of hydrogen-bond acceptors (Lipinski definition) is 8. The summed E-state index contributed by atoms with van der Waals surface area (Å²) in [5.74, 6) is -0.0856. The summed E-state index contributed by atoms with van der Waals surface area (Å²) in [5.41, 5.74) is 0.506. The summed E-state index contributed by atoms with van der Waals surface area (Å²) in [7, 11) is -3.57. The summed E-state index contributed by atoms with van der Waals surface area (Å²) in [6.07, 6.45) is 0.596. The van der Waals surface area contributed by atoms with Gasteiger partial charge in [-0.3, -0.25) is 4.79 Å². The van der Waals surface area contributed by atoms with E-state index in [0.717, 1.165) is 11.8 Å². The highest BCUT2D eigenvalue weighted by Crippen LogP contribution is 2.31. The van der Waals surface area contributed by atoms with Crippen LogP contribution in [-0.4, -0.2) is 53.8 Å². The average molecular weight is 397 g/mol. The smallest absolute Gasteiger partial charge is 0.319 e.